The van der Waals surface area contributed by atoms with Gasteiger partial charge in [0.25, 0.3) is 5.91 Å². The SMILES string of the molecule is Cc1c(Cl)cccc1Nc1ccccc1C(=O)Nc1ccc(N2CCNCC2)cc1F. The maximum Gasteiger partial charge on any atom is 0.257 e. The molecule has 1 fully saturated rings. The van der Waals surface area contributed by atoms with E-state index < -0.39 is 11.7 Å². The van der Waals surface area contributed by atoms with Crippen LogP contribution in [0.25, 0.3) is 0 Å². The van der Waals surface area contributed by atoms with E-state index in [1.54, 1.807) is 24.3 Å². The summed E-state index contributed by atoms with van der Waals surface area (Å²) in [6, 6.07) is 17.6. The smallest absolute Gasteiger partial charge is 0.257 e. The van der Waals surface area contributed by atoms with Gasteiger partial charge in [-0.2, -0.15) is 0 Å². The molecule has 4 rings (SSSR count). The summed E-state index contributed by atoms with van der Waals surface area (Å²) in [5.41, 5.74) is 3.68. The van der Waals surface area contributed by atoms with Gasteiger partial charge in [0.15, 0.2) is 0 Å². The Morgan fingerprint density at radius 2 is 1.74 bits per heavy atom. The fourth-order valence-electron chi connectivity index (χ4n) is 3.59. The summed E-state index contributed by atoms with van der Waals surface area (Å²) in [6.45, 7) is 5.30. The molecule has 0 unspecified atom stereocenters. The third-order valence-corrected chi connectivity index (χ3v) is 5.80. The van der Waals surface area contributed by atoms with Crippen molar-refractivity contribution in [2.24, 2.45) is 0 Å². The lowest BCUT2D eigenvalue weighted by atomic mass is 10.1. The van der Waals surface area contributed by atoms with E-state index in [9.17, 15) is 9.18 Å². The number of nitrogens with one attached hydrogen (secondary N) is 3. The zero-order valence-electron chi connectivity index (χ0n) is 17.2. The molecule has 1 saturated heterocycles. The summed E-state index contributed by atoms with van der Waals surface area (Å²) >= 11 is 6.21. The van der Waals surface area contributed by atoms with Crippen molar-refractivity contribution in [1.29, 1.82) is 0 Å². The second kappa shape index (κ2) is 9.37. The molecular formula is C24H24ClFN4O. The van der Waals surface area contributed by atoms with Crippen LogP contribution in [-0.2, 0) is 0 Å². The topological polar surface area (TPSA) is 56.4 Å². The molecule has 1 amide bonds. The monoisotopic (exact) mass is 438 g/mol. The van der Waals surface area contributed by atoms with Crippen LogP contribution >= 0.6 is 11.6 Å². The van der Waals surface area contributed by atoms with E-state index >= 15 is 0 Å². The van der Waals surface area contributed by atoms with Gasteiger partial charge in [-0.25, -0.2) is 4.39 Å². The standard InChI is InChI=1S/C24H24ClFN4O/c1-16-19(25)6-4-8-21(16)28-22-7-3-2-5-18(22)24(31)29-23-10-9-17(15-20(23)26)30-13-11-27-12-14-30/h2-10,15,27-28H,11-14H2,1H3,(H,29,31). The summed E-state index contributed by atoms with van der Waals surface area (Å²) < 4.78 is 14.7. The van der Waals surface area contributed by atoms with Gasteiger partial charge in [0.2, 0.25) is 0 Å². The molecule has 160 valence electrons. The van der Waals surface area contributed by atoms with Crippen LogP contribution in [0, 0.1) is 12.7 Å². The van der Waals surface area contributed by atoms with Crippen LogP contribution in [0.2, 0.25) is 5.02 Å². The second-order valence-corrected chi connectivity index (χ2v) is 7.85. The summed E-state index contributed by atoms with van der Waals surface area (Å²) in [4.78, 5) is 15.1. The van der Waals surface area contributed by atoms with E-state index in [4.69, 9.17) is 11.6 Å². The van der Waals surface area contributed by atoms with Gasteiger partial charge >= 0.3 is 0 Å². The van der Waals surface area contributed by atoms with E-state index in [1.165, 1.54) is 6.07 Å². The van der Waals surface area contributed by atoms with Crippen LogP contribution in [0.5, 0.6) is 0 Å². The fraction of sp³-hybridized carbons (Fsp3) is 0.208. The highest BCUT2D eigenvalue weighted by molar-refractivity contribution is 6.31. The lowest BCUT2D eigenvalue weighted by Gasteiger charge is -2.29. The largest absolute Gasteiger partial charge is 0.369 e. The molecule has 3 aromatic rings. The lowest BCUT2D eigenvalue weighted by Crippen LogP contribution is -2.43. The minimum Gasteiger partial charge on any atom is -0.369 e. The van der Waals surface area contributed by atoms with Crippen molar-refractivity contribution in [1.82, 2.24) is 5.32 Å². The van der Waals surface area contributed by atoms with Crippen molar-refractivity contribution in [3.05, 3.63) is 82.6 Å². The summed E-state index contributed by atoms with van der Waals surface area (Å²) in [7, 11) is 0. The van der Waals surface area contributed by atoms with Gasteiger partial charge < -0.3 is 20.9 Å². The first-order chi connectivity index (χ1) is 15.0. The van der Waals surface area contributed by atoms with E-state index in [1.807, 2.05) is 37.3 Å². The predicted molar refractivity (Wildman–Crippen MR) is 125 cm³/mol. The average Bonchev–Trinajstić information content (AvgIpc) is 2.79. The minimum atomic E-state index is -0.458. The number of hydrogen-bond acceptors (Lipinski definition) is 4. The van der Waals surface area contributed by atoms with Gasteiger partial charge in [-0.1, -0.05) is 29.8 Å². The molecule has 31 heavy (non-hydrogen) atoms. The number of hydrogen-bond donors (Lipinski definition) is 3. The third-order valence-electron chi connectivity index (χ3n) is 5.39. The Balaban J connectivity index is 1.53. The molecular weight excluding hydrogens is 415 g/mol. The second-order valence-electron chi connectivity index (χ2n) is 7.44. The van der Waals surface area contributed by atoms with Crippen molar-refractivity contribution in [2.45, 2.75) is 6.92 Å². The highest BCUT2D eigenvalue weighted by atomic mass is 35.5. The van der Waals surface area contributed by atoms with Crippen LogP contribution in [0.3, 0.4) is 0 Å². The van der Waals surface area contributed by atoms with Gasteiger partial charge in [-0.3, -0.25) is 4.79 Å². The highest BCUT2D eigenvalue weighted by Gasteiger charge is 2.16. The maximum absolute atomic E-state index is 14.7. The maximum atomic E-state index is 14.7. The van der Waals surface area contributed by atoms with Crippen LogP contribution in [0.15, 0.2) is 60.7 Å². The van der Waals surface area contributed by atoms with Crippen LogP contribution in [0.4, 0.5) is 27.1 Å². The lowest BCUT2D eigenvalue weighted by molar-refractivity contribution is 0.102. The Labute approximate surface area is 186 Å². The fourth-order valence-corrected chi connectivity index (χ4v) is 3.77. The Hall–Kier alpha value is -3.09. The van der Waals surface area contributed by atoms with Gasteiger partial charge in [-0.15, -0.1) is 0 Å². The van der Waals surface area contributed by atoms with Crippen LogP contribution < -0.4 is 20.9 Å². The number of para-hydroxylation sites is 1. The van der Waals surface area contributed by atoms with Crippen molar-refractivity contribution in [3.8, 4) is 0 Å². The molecule has 0 atom stereocenters. The normalized spacial score (nSPS) is 13.7. The number of piperazine rings is 1. The van der Waals surface area contributed by atoms with Crippen LogP contribution in [-0.4, -0.2) is 32.1 Å². The van der Waals surface area contributed by atoms with E-state index in [-0.39, 0.29) is 5.69 Å². The zero-order chi connectivity index (χ0) is 21.8. The molecule has 5 nitrogen and oxygen atoms in total. The molecule has 0 radical (unpaired) electrons. The first-order valence-corrected chi connectivity index (χ1v) is 10.6. The molecule has 1 aliphatic rings. The number of halogens is 2. The van der Waals surface area contributed by atoms with E-state index in [0.717, 1.165) is 43.1 Å². The summed E-state index contributed by atoms with van der Waals surface area (Å²) in [5, 5.41) is 9.88. The van der Waals surface area contributed by atoms with Gasteiger partial charge in [0.05, 0.1) is 16.9 Å². The molecule has 0 aromatic heterocycles. The summed E-state index contributed by atoms with van der Waals surface area (Å²) in [6.07, 6.45) is 0. The molecule has 0 bridgehead atoms. The molecule has 0 aliphatic carbocycles. The van der Waals surface area contributed by atoms with Crippen molar-refractivity contribution < 1.29 is 9.18 Å². The number of anilines is 4. The third kappa shape index (κ3) is 4.81. The number of carbonyl (C=O) groups is 1. The molecule has 3 aromatic carbocycles. The number of rotatable bonds is 5. The minimum absolute atomic E-state index is 0.151. The molecule has 0 saturated carbocycles. The molecule has 1 aliphatic heterocycles. The Kier molecular flexibility index (Phi) is 6.39. The Morgan fingerprint density at radius 3 is 2.52 bits per heavy atom. The molecule has 1 heterocycles. The Bertz CT molecular complexity index is 1100. The average molecular weight is 439 g/mol. The van der Waals surface area contributed by atoms with Gasteiger partial charge in [0, 0.05) is 42.6 Å². The zero-order valence-corrected chi connectivity index (χ0v) is 18.0. The molecule has 0 spiro atoms. The van der Waals surface area contributed by atoms with Crippen LogP contribution in [0.1, 0.15) is 15.9 Å². The highest BCUT2D eigenvalue weighted by Crippen LogP contribution is 2.29. The molecule has 3 N–H and O–H groups in total. The van der Waals surface area contributed by atoms with E-state index in [2.05, 4.69) is 20.9 Å². The number of amides is 1. The van der Waals surface area contributed by atoms with Crippen molar-refractivity contribution in [3.63, 3.8) is 0 Å². The van der Waals surface area contributed by atoms with Crippen molar-refractivity contribution >= 4 is 40.3 Å². The Morgan fingerprint density at radius 1 is 1.00 bits per heavy atom. The first kappa shape index (κ1) is 21.2. The summed E-state index contributed by atoms with van der Waals surface area (Å²) in [5.74, 6) is -0.850. The first-order valence-electron chi connectivity index (χ1n) is 10.2. The van der Waals surface area contributed by atoms with E-state index in [0.29, 0.717) is 16.3 Å². The van der Waals surface area contributed by atoms with Gasteiger partial charge in [0.1, 0.15) is 5.82 Å². The van der Waals surface area contributed by atoms with Crippen molar-refractivity contribution in [2.75, 3.05) is 41.7 Å². The quantitative estimate of drug-likeness (QED) is 0.513. The number of nitrogens with zero attached hydrogens (tertiary/aromatic N) is 1. The molecule has 7 heteroatoms. The number of carbonyl (C=O) groups excluding carboxylic acids is 1. The predicted octanol–water partition coefficient (Wildman–Crippen LogP) is 5.19. The van der Waals surface area contributed by atoms with Gasteiger partial charge in [-0.05, 0) is 55.0 Å². The number of benzene rings is 3.